The van der Waals surface area contributed by atoms with Gasteiger partial charge in [-0.3, -0.25) is 0 Å². The predicted octanol–water partition coefficient (Wildman–Crippen LogP) is 3.87. The van der Waals surface area contributed by atoms with Crippen molar-refractivity contribution in [1.82, 2.24) is 0 Å². The number of hydrogen-bond acceptors (Lipinski definition) is 2. The van der Waals surface area contributed by atoms with Crippen molar-refractivity contribution < 1.29 is 17.9 Å². The summed E-state index contributed by atoms with van der Waals surface area (Å²) in [5.41, 5.74) is 0.599. The minimum atomic E-state index is -4.62. The Hall–Kier alpha value is -0.840. The first-order valence-electron chi connectivity index (χ1n) is 4.39. The highest BCUT2D eigenvalue weighted by Crippen LogP contribution is 2.32. The van der Waals surface area contributed by atoms with Crippen LogP contribution >= 0.6 is 11.8 Å². The number of thioether (sulfide) groups is 1. The lowest BCUT2D eigenvalue weighted by Gasteiger charge is -2.14. The molecule has 0 fully saturated rings. The van der Waals surface area contributed by atoms with Crippen LogP contribution in [0.4, 0.5) is 13.2 Å². The van der Waals surface area contributed by atoms with Crippen molar-refractivity contribution in [2.75, 3.05) is 6.26 Å². The Morgan fingerprint density at radius 1 is 1.33 bits per heavy atom. The van der Waals surface area contributed by atoms with Crippen LogP contribution in [0.5, 0.6) is 5.75 Å². The van der Waals surface area contributed by atoms with Crippen LogP contribution in [0.1, 0.15) is 12.5 Å². The van der Waals surface area contributed by atoms with Crippen LogP contribution in [-0.4, -0.2) is 12.6 Å². The van der Waals surface area contributed by atoms with Gasteiger partial charge in [0.2, 0.25) is 0 Å². The first-order valence-corrected chi connectivity index (χ1v) is 5.62. The molecular weight excluding hydrogens is 225 g/mol. The second-order valence-electron chi connectivity index (χ2n) is 2.84. The van der Waals surface area contributed by atoms with E-state index in [4.69, 9.17) is 0 Å². The summed E-state index contributed by atoms with van der Waals surface area (Å²) < 4.78 is 40.1. The average molecular weight is 236 g/mol. The molecule has 0 atom stereocenters. The molecule has 84 valence electrons. The van der Waals surface area contributed by atoms with Gasteiger partial charge < -0.3 is 4.74 Å². The lowest BCUT2D eigenvalue weighted by atomic mass is 10.1. The first kappa shape index (κ1) is 12.2. The van der Waals surface area contributed by atoms with Crippen LogP contribution in [0.2, 0.25) is 0 Å². The molecule has 0 saturated heterocycles. The maximum Gasteiger partial charge on any atom is 0.573 e. The van der Waals surface area contributed by atoms with Crippen molar-refractivity contribution in [2.24, 2.45) is 0 Å². The molecule has 1 aromatic rings. The summed E-state index contributed by atoms with van der Waals surface area (Å²) in [4.78, 5) is 0.819. The summed E-state index contributed by atoms with van der Waals surface area (Å²) in [6.07, 6.45) is -2.28. The van der Waals surface area contributed by atoms with E-state index in [1.807, 2.05) is 6.26 Å². The fourth-order valence-electron chi connectivity index (χ4n) is 1.31. The third-order valence-electron chi connectivity index (χ3n) is 1.89. The van der Waals surface area contributed by atoms with E-state index in [0.29, 0.717) is 12.0 Å². The molecule has 5 heteroatoms. The molecule has 1 rings (SSSR count). The fourth-order valence-corrected chi connectivity index (χ4v) is 2.01. The van der Waals surface area contributed by atoms with Crippen LogP contribution in [0.15, 0.2) is 23.1 Å². The molecule has 0 unspecified atom stereocenters. The molecule has 0 aromatic heterocycles. The van der Waals surface area contributed by atoms with Gasteiger partial charge in [-0.2, -0.15) is 0 Å². The molecule has 0 heterocycles. The molecule has 1 nitrogen and oxygen atoms in total. The molecule has 15 heavy (non-hydrogen) atoms. The Morgan fingerprint density at radius 2 is 2.00 bits per heavy atom. The Bertz CT molecular complexity index is 336. The van der Waals surface area contributed by atoms with E-state index in [1.165, 1.54) is 17.8 Å². The Kier molecular flexibility index (Phi) is 3.90. The van der Waals surface area contributed by atoms with Crippen LogP contribution in [-0.2, 0) is 6.42 Å². The third-order valence-corrected chi connectivity index (χ3v) is 2.71. The summed E-state index contributed by atoms with van der Waals surface area (Å²) in [5, 5.41) is 0. The molecular formula is C10H11F3OS. The molecule has 0 bridgehead atoms. The van der Waals surface area contributed by atoms with Gasteiger partial charge in [0.25, 0.3) is 0 Å². The van der Waals surface area contributed by atoms with Gasteiger partial charge in [-0.15, -0.1) is 24.9 Å². The van der Waals surface area contributed by atoms with Gasteiger partial charge in [0.15, 0.2) is 0 Å². The van der Waals surface area contributed by atoms with Crippen LogP contribution in [0.25, 0.3) is 0 Å². The minimum absolute atomic E-state index is 0.100. The molecule has 0 saturated carbocycles. The van der Waals surface area contributed by atoms with E-state index in [1.54, 1.807) is 19.1 Å². The topological polar surface area (TPSA) is 9.23 Å². The van der Waals surface area contributed by atoms with Crippen molar-refractivity contribution in [2.45, 2.75) is 24.6 Å². The standard InChI is InChI=1S/C10H11F3OS/c1-3-7-8(14-10(11,12)13)5-4-6-9(7)15-2/h4-6H,3H2,1-2H3. The monoisotopic (exact) mass is 236 g/mol. The van der Waals surface area contributed by atoms with E-state index >= 15 is 0 Å². The Labute approximate surface area is 90.6 Å². The smallest absolute Gasteiger partial charge is 0.405 e. The van der Waals surface area contributed by atoms with Crippen LogP contribution in [0, 0.1) is 0 Å². The van der Waals surface area contributed by atoms with Crippen LogP contribution in [0.3, 0.4) is 0 Å². The zero-order chi connectivity index (χ0) is 11.5. The van der Waals surface area contributed by atoms with E-state index in [2.05, 4.69) is 4.74 Å². The Balaban J connectivity index is 3.06. The maximum atomic E-state index is 12.1. The molecule has 0 radical (unpaired) electrons. The number of hydrogen-bond donors (Lipinski definition) is 0. The molecule has 0 spiro atoms. The second-order valence-corrected chi connectivity index (χ2v) is 3.69. The van der Waals surface area contributed by atoms with Gasteiger partial charge >= 0.3 is 6.36 Å². The van der Waals surface area contributed by atoms with Gasteiger partial charge in [0.1, 0.15) is 5.75 Å². The zero-order valence-electron chi connectivity index (χ0n) is 8.39. The molecule has 0 aliphatic carbocycles. The number of halogens is 3. The van der Waals surface area contributed by atoms with Crippen molar-refractivity contribution in [3.8, 4) is 5.75 Å². The maximum absolute atomic E-state index is 12.1. The quantitative estimate of drug-likeness (QED) is 0.737. The molecule has 0 N–H and O–H groups in total. The predicted molar refractivity (Wildman–Crippen MR) is 54.3 cm³/mol. The van der Waals surface area contributed by atoms with Crippen molar-refractivity contribution in [1.29, 1.82) is 0 Å². The van der Waals surface area contributed by atoms with E-state index in [-0.39, 0.29) is 5.75 Å². The number of benzene rings is 1. The summed E-state index contributed by atoms with van der Waals surface area (Å²) in [5.74, 6) is -0.100. The highest BCUT2D eigenvalue weighted by atomic mass is 32.2. The lowest BCUT2D eigenvalue weighted by Crippen LogP contribution is -2.18. The highest BCUT2D eigenvalue weighted by molar-refractivity contribution is 7.98. The SMILES string of the molecule is CCc1c(OC(F)(F)F)cccc1SC. The largest absolute Gasteiger partial charge is 0.573 e. The number of rotatable bonds is 3. The molecule has 0 aliphatic heterocycles. The number of ether oxygens (including phenoxy) is 1. The summed E-state index contributed by atoms with van der Waals surface area (Å²) in [7, 11) is 0. The van der Waals surface area contributed by atoms with Crippen molar-refractivity contribution in [3.05, 3.63) is 23.8 Å². The van der Waals surface area contributed by atoms with Crippen molar-refractivity contribution >= 4 is 11.8 Å². The second kappa shape index (κ2) is 4.79. The van der Waals surface area contributed by atoms with E-state index < -0.39 is 6.36 Å². The van der Waals surface area contributed by atoms with Gasteiger partial charge in [-0.1, -0.05) is 13.0 Å². The van der Waals surface area contributed by atoms with E-state index in [0.717, 1.165) is 4.90 Å². The van der Waals surface area contributed by atoms with E-state index in [9.17, 15) is 13.2 Å². The normalized spacial score (nSPS) is 11.5. The number of alkyl halides is 3. The first-order chi connectivity index (χ1) is 6.98. The Morgan fingerprint density at radius 3 is 2.47 bits per heavy atom. The summed E-state index contributed by atoms with van der Waals surface area (Å²) in [6, 6.07) is 4.69. The van der Waals surface area contributed by atoms with Gasteiger partial charge in [0.05, 0.1) is 0 Å². The lowest BCUT2D eigenvalue weighted by molar-refractivity contribution is -0.275. The van der Waals surface area contributed by atoms with Crippen LogP contribution < -0.4 is 4.74 Å². The van der Waals surface area contributed by atoms with Gasteiger partial charge in [0, 0.05) is 10.5 Å². The van der Waals surface area contributed by atoms with Gasteiger partial charge in [-0.05, 0) is 24.8 Å². The highest BCUT2D eigenvalue weighted by Gasteiger charge is 2.32. The molecule has 1 aromatic carbocycles. The van der Waals surface area contributed by atoms with Gasteiger partial charge in [-0.25, -0.2) is 0 Å². The third kappa shape index (κ3) is 3.34. The molecule has 0 aliphatic rings. The fraction of sp³-hybridized carbons (Fsp3) is 0.400. The summed E-state index contributed by atoms with van der Waals surface area (Å²) >= 11 is 1.41. The zero-order valence-corrected chi connectivity index (χ0v) is 9.21. The summed E-state index contributed by atoms with van der Waals surface area (Å²) in [6.45, 7) is 1.80. The average Bonchev–Trinajstić information content (AvgIpc) is 2.15. The van der Waals surface area contributed by atoms with Crippen molar-refractivity contribution in [3.63, 3.8) is 0 Å². The minimum Gasteiger partial charge on any atom is -0.405 e. The molecule has 0 amide bonds.